The second kappa shape index (κ2) is 6.90. The minimum atomic E-state index is -0.655. The average Bonchev–Trinajstić information content (AvgIpc) is 3.00. The molecule has 4 aromatic rings. The Kier molecular flexibility index (Phi) is 4.38. The molecule has 0 saturated carbocycles. The first-order valence-corrected chi connectivity index (χ1v) is 8.83. The average molecular weight is 392 g/mol. The van der Waals surface area contributed by atoms with Crippen molar-refractivity contribution in [2.45, 2.75) is 6.92 Å². The summed E-state index contributed by atoms with van der Waals surface area (Å²) in [5.74, 6) is -1.06. The van der Waals surface area contributed by atoms with Gasteiger partial charge in [-0.2, -0.15) is 0 Å². The molecule has 0 aliphatic rings. The van der Waals surface area contributed by atoms with Crippen LogP contribution in [-0.4, -0.2) is 20.0 Å². The first-order chi connectivity index (χ1) is 13.8. The standard InChI is InChI=1S/C21H17FN4O3/c1-12-6-8-15(9-7-12)26-20(28)18-17(24-21(26)29)16(11-25(18)2)19(27)23-14-5-3-4-13(22)10-14/h3-11H,1-2H3,(H,23,27)(H,24,29). The van der Waals surface area contributed by atoms with E-state index in [2.05, 4.69) is 10.3 Å². The molecule has 7 nitrogen and oxygen atoms in total. The van der Waals surface area contributed by atoms with Gasteiger partial charge in [0, 0.05) is 18.9 Å². The lowest BCUT2D eigenvalue weighted by Gasteiger charge is -2.07. The van der Waals surface area contributed by atoms with Gasteiger partial charge in [0.2, 0.25) is 0 Å². The van der Waals surface area contributed by atoms with Gasteiger partial charge in [0.15, 0.2) is 0 Å². The predicted molar refractivity (Wildman–Crippen MR) is 108 cm³/mol. The van der Waals surface area contributed by atoms with Crippen LogP contribution in [-0.2, 0) is 7.05 Å². The fourth-order valence-corrected chi connectivity index (χ4v) is 3.24. The van der Waals surface area contributed by atoms with Gasteiger partial charge in [-0.05, 0) is 37.3 Å². The Morgan fingerprint density at radius 2 is 1.83 bits per heavy atom. The van der Waals surface area contributed by atoms with Crippen LogP contribution in [0.15, 0.2) is 64.3 Å². The van der Waals surface area contributed by atoms with Crippen LogP contribution in [0.5, 0.6) is 0 Å². The number of benzene rings is 2. The van der Waals surface area contributed by atoms with Gasteiger partial charge >= 0.3 is 5.69 Å². The molecule has 146 valence electrons. The zero-order valence-corrected chi connectivity index (χ0v) is 15.7. The Morgan fingerprint density at radius 3 is 2.52 bits per heavy atom. The highest BCUT2D eigenvalue weighted by atomic mass is 19.1. The highest BCUT2D eigenvalue weighted by Gasteiger charge is 2.20. The van der Waals surface area contributed by atoms with E-state index in [1.54, 1.807) is 37.4 Å². The minimum absolute atomic E-state index is 0.108. The van der Waals surface area contributed by atoms with Crippen molar-refractivity contribution in [2.75, 3.05) is 5.32 Å². The summed E-state index contributed by atoms with van der Waals surface area (Å²) in [7, 11) is 1.61. The van der Waals surface area contributed by atoms with E-state index in [1.807, 2.05) is 6.92 Å². The topological polar surface area (TPSA) is 88.9 Å². The molecule has 4 rings (SSSR count). The number of H-pyrrole nitrogens is 1. The summed E-state index contributed by atoms with van der Waals surface area (Å²) in [6.45, 7) is 1.90. The predicted octanol–water partition coefficient (Wildman–Crippen LogP) is 2.72. The van der Waals surface area contributed by atoms with Crippen molar-refractivity contribution in [1.29, 1.82) is 0 Å². The maximum Gasteiger partial charge on any atom is 0.333 e. The molecule has 2 aromatic carbocycles. The molecule has 0 bridgehead atoms. The number of hydrogen-bond acceptors (Lipinski definition) is 3. The summed E-state index contributed by atoms with van der Waals surface area (Å²) in [4.78, 5) is 41.0. The number of hydrogen-bond donors (Lipinski definition) is 2. The number of amides is 1. The highest BCUT2D eigenvalue weighted by Crippen LogP contribution is 2.18. The van der Waals surface area contributed by atoms with Crippen LogP contribution >= 0.6 is 0 Å². The lowest BCUT2D eigenvalue weighted by molar-refractivity contribution is 0.102. The summed E-state index contributed by atoms with van der Waals surface area (Å²) >= 11 is 0. The van der Waals surface area contributed by atoms with Gasteiger partial charge in [0.05, 0.1) is 16.8 Å². The Bertz CT molecular complexity index is 1360. The lowest BCUT2D eigenvalue weighted by atomic mass is 10.2. The molecule has 0 spiro atoms. The molecular formula is C21H17FN4O3. The van der Waals surface area contributed by atoms with Crippen LogP contribution in [0.25, 0.3) is 16.7 Å². The summed E-state index contributed by atoms with van der Waals surface area (Å²) in [6.07, 6.45) is 1.45. The van der Waals surface area contributed by atoms with Crippen LogP contribution in [0.2, 0.25) is 0 Å². The van der Waals surface area contributed by atoms with Crippen molar-refractivity contribution >= 4 is 22.6 Å². The molecule has 0 saturated heterocycles. The molecule has 2 heterocycles. The van der Waals surface area contributed by atoms with Gasteiger partial charge < -0.3 is 14.9 Å². The van der Waals surface area contributed by atoms with Crippen LogP contribution in [0.3, 0.4) is 0 Å². The lowest BCUT2D eigenvalue weighted by Crippen LogP contribution is -2.34. The number of aromatic amines is 1. The molecule has 1 amide bonds. The third kappa shape index (κ3) is 3.25. The minimum Gasteiger partial charge on any atom is -0.344 e. The van der Waals surface area contributed by atoms with Crippen molar-refractivity contribution in [2.24, 2.45) is 7.05 Å². The van der Waals surface area contributed by atoms with Crippen LogP contribution in [0.4, 0.5) is 10.1 Å². The van der Waals surface area contributed by atoms with Crippen LogP contribution in [0, 0.1) is 12.7 Å². The van der Waals surface area contributed by atoms with E-state index < -0.39 is 23.0 Å². The molecule has 0 unspecified atom stereocenters. The summed E-state index contributed by atoms with van der Waals surface area (Å²) in [5.41, 5.74) is 0.899. The monoisotopic (exact) mass is 392 g/mol. The fraction of sp³-hybridized carbons (Fsp3) is 0.0952. The molecule has 29 heavy (non-hydrogen) atoms. The Hall–Kier alpha value is -3.94. The number of fused-ring (bicyclic) bond motifs is 1. The number of nitrogens with one attached hydrogen (secondary N) is 2. The van der Waals surface area contributed by atoms with Gasteiger partial charge in [-0.3, -0.25) is 9.59 Å². The molecule has 8 heteroatoms. The summed E-state index contributed by atoms with van der Waals surface area (Å²) in [5, 5.41) is 2.57. The first-order valence-electron chi connectivity index (χ1n) is 8.83. The fourth-order valence-electron chi connectivity index (χ4n) is 3.24. The third-order valence-electron chi connectivity index (χ3n) is 4.64. The Balaban J connectivity index is 1.84. The van der Waals surface area contributed by atoms with E-state index >= 15 is 0 Å². The van der Waals surface area contributed by atoms with Crippen molar-refractivity contribution in [1.82, 2.24) is 14.1 Å². The Labute approximate surface area is 164 Å². The molecule has 0 radical (unpaired) electrons. The number of aromatic nitrogens is 3. The second-order valence-electron chi connectivity index (χ2n) is 6.75. The van der Waals surface area contributed by atoms with Gasteiger partial charge in [-0.15, -0.1) is 0 Å². The largest absolute Gasteiger partial charge is 0.344 e. The Morgan fingerprint density at radius 1 is 1.10 bits per heavy atom. The quantitative estimate of drug-likeness (QED) is 0.562. The highest BCUT2D eigenvalue weighted by molar-refractivity contribution is 6.11. The third-order valence-corrected chi connectivity index (χ3v) is 4.64. The summed E-state index contributed by atoms with van der Waals surface area (Å²) in [6, 6.07) is 12.4. The SMILES string of the molecule is Cc1ccc(-n2c(=O)[nH]c3c(C(=O)Nc4cccc(F)c4)cn(C)c3c2=O)cc1. The van der Waals surface area contributed by atoms with Gasteiger partial charge in [-0.1, -0.05) is 23.8 Å². The van der Waals surface area contributed by atoms with Crippen molar-refractivity contribution in [3.63, 3.8) is 0 Å². The maximum atomic E-state index is 13.4. The van der Waals surface area contributed by atoms with Gasteiger partial charge in [0.25, 0.3) is 11.5 Å². The van der Waals surface area contributed by atoms with E-state index in [0.717, 1.165) is 10.1 Å². The normalized spacial score (nSPS) is 11.0. The number of carbonyl (C=O) groups excluding carboxylic acids is 1. The molecule has 2 aromatic heterocycles. The number of halogens is 1. The van der Waals surface area contributed by atoms with E-state index in [9.17, 15) is 18.8 Å². The summed E-state index contributed by atoms with van der Waals surface area (Å²) < 4.78 is 15.9. The molecule has 0 atom stereocenters. The van der Waals surface area contributed by atoms with Crippen LogP contribution in [0.1, 0.15) is 15.9 Å². The van der Waals surface area contributed by atoms with Crippen molar-refractivity contribution < 1.29 is 9.18 Å². The molecule has 0 aliphatic carbocycles. The number of carbonyl (C=O) groups is 1. The van der Waals surface area contributed by atoms with E-state index in [0.29, 0.717) is 5.69 Å². The maximum absolute atomic E-state index is 13.4. The van der Waals surface area contributed by atoms with Crippen molar-refractivity contribution in [3.05, 3.63) is 92.5 Å². The molecule has 0 fully saturated rings. The molecule has 0 aliphatic heterocycles. The second-order valence-corrected chi connectivity index (χ2v) is 6.75. The number of aryl methyl sites for hydroxylation is 2. The van der Waals surface area contributed by atoms with Crippen LogP contribution < -0.4 is 16.6 Å². The van der Waals surface area contributed by atoms with Crippen molar-refractivity contribution in [3.8, 4) is 5.69 Å². The smallest absolute Gasteiger partial charge is 0.333 e. The molecule has 2 N–H and O–H groups in total. The van der Waals surface area contributed by atoms with E-state index in [-0.39, 0.29) is 22.3 Å². The first kappa shape index (κ1) is 18.4. The van der Waals surface area contributed by atoms with Gasteiger partial charge in [0.1, 0.15) is 11.3 Å². The zero-order chi connectivity index (χ0) is 20.7. The number of nitrogens with zero attached hydrogens (tertiary/aromatic N) is 2. The number of rotatable bonds is 3. The number of anilines is 1. The van der Waals surface area contributed by atoms with Gasteiger partial charge in [-0.25, -0.2) is 13.8 Å². The van der Waals surface area contributed by atoms with E-state index in [4.69, 9.17) is 0 Å². The molecular weight excluding hydrogens is 375 g/mol. The van der Waals surface area contributed by atoms with E-state index in [1.165, 1.54) is 29.0 Å². The zero-order valence-electron chi connectivity index (χ0n) is 15.7.